The second-order valence-corrected chi connectivity index (χ2v) is 6.02. The minimum absolute atomic E-state index is 0.113. The second-order valence-electron chi connectivity index (χ2n) is 6.02. The molecule has 3 aromatic rings. The number of hydrogen-bond donors (Lipinski definition) is 1. The fourth-order valence-corrected chi connectivity index (χ4v) is 2.62. The predicted octanol–water partition coefficient (Wildman–Crippen LogP) is 3.48. The van der Waals surface area contributed by atoms with E-state index in [0.717, 1.165) is 18.4 Å². The number of nitrogens with zero attached hydrogens (tertiary/aromatic N) is 2. The average Bonchev–Trinajstić information content (AvgIpc) is 3.00. The molecule has 0 aliphatic heterocycles. The number of pyridine rings is 1. The highest BCUT2D eigenvalue weighted by molar-refractivity contribution is 5.78. The Morgan fingerprint density at radius 2 is 2.15 bits per heavy atom. The molecule has 0 saturated heterocycles. The van der Waals surface area contributed by atoms with Gasteiger partial charge in [0.1, 0.15) is 11.6 Å². The van der Waals surface area contributed by atoms with Gasteiger partial charge in [-0.15, -0.1) is 0 Å². The Morgan fingerprint density at radius 3 is 2.92 bits per heavy atom. The number of nitrogens with one attached hydrogen (secondary N) is 1. The van der Waals surface area contributed by atoms with Gasteiger partial charge in [0.05, 0.1) is 12.1 Å². The van der Waals surface area contributed by atoms with Crippen LogP contribution in [0, 0.1) is 12.7 Å². The van der Waals surface area contributed by atoms with Crippen molar-refractivity contribution in [2.24, 2.45) is 0 Å². The molecular weight excluding hydrogens is 333 g/mol. The van der Waals surface area contributed by atoms with E-state index >= 15 is 0 Å². The van der Waals surface area contributed by atoms with Gasteiger partial charge >= 0.3 is 0 Å². The standard InChI is InChI=1S/C20H20FN3O2/c1-14-18(24-20(26-14)16-7-2-8-17(21)11-16)12-19(25)23-10-4-6-15-5-3-9-22-13-15/h2-3,5,7-9,11,13H,4,6,10,12H2,1H3,(H,23,25). The summed E-state index contributed by atoms with van der Waals surface area (Å²) >= 11 is 0. The Bertz CT molecular complexity index is 878. The van der Waals surface area contributed by atoms with E-state index in [2.05, 4.69) is 15.3 Å². The van der Waals surface area contributed by atoms with Crippen LogP contribution in [-0.2, 0) is 17.6 Å². The number of carbonyl (C=O) groups is 1. The molecular formula is C20H20FN3O2. The van der Waals surface area contributed by atoms with Crippen LogP contribution >= 0.6 is 0 Å². The van der Waals surface area contributed by atoms with Crippen LogP contribution in [0.5, 0.6) is 0 Å². The minimum atomic E-state index is -0.355. The van der Waals surface area contributed by atoms with E-state index in [1.54, 1.807) is 25.3 Å². The fourth-order valence-electron chi connectivity index (χ4n) is 2.62. The van der Waals surface area contributed by atoms with E-state index in [1.807, 2.05) is 18.3 Å². The summed E-state index contributed by atoms with van der Waals surface area (Å²) < 4.78 is 18.9. The topological polar surface area (TPSA) is 68.0 Å². The third kappa shape index (κ3) is 4.75. The molecule has 1 N–H and O–H groups in total. The fraction of sp³-hybridized carbons (Fsp3) is 0.250. The van der Waals surface area contributed by atoms with Gasteiger partial charge in [0.2, 0.25) is 11.8 Å². The van der Waals surface area contributed by atoms with E-state index in [4.69, 9.17) is 4.42 Å². The first kappa shape index (κ1) is 17.8. The molecule has 0 spiro atoms. The Kier molecular flexibility index (Phi) is 5.73. The lowest BCUT2D eigenvalue weighted by molar-refractivity contribution is -0.120. The van der Waals surface area contributed by atoms with Gasteiger partial charge in [0, 0.05) is 24.5 Å². The summed E-state index contributed by atoms with van der Waals surface area (Å²) in [6.45, 7) is 2.34. The van der Waals surface area contributed by atoms with Crippen molar-refractivity contribution in [1.29, 1.82) is 0 Å². The van der Waals surface area contributed by atoms with Crippen molar-refractivity contribution in [3.8, 4) is 11.5 Å². The van der Waals surface area contributed by atoms with Crippen LogP contribution in [0.2, 0.25) is 0 Å². The van der Waals surface area contributed by atoms with Crippen molar-refractivity contribution in [3.63, 3.8) is 0 Å². The Balaban J connectivity index is 1.51. The Hall–Kier alpha value is -3.02. The van der Waals surface area contributed by atoms with Crippen molar-refractivity contribution in [2.45, 2.75) is 26.2 Å². The van der Waals surface area contributed by atoms with Crippen LogP contribution in [-0.4, -0.2) is 22.4 Å². The zero-order chi connectivity index (χ0) is 18.4. The number of halogens is 1. The maximum atomic E-state index is 13.3. The third-order valence-corrected chi connectivity index (χ3v) is 3.98. The number of hydrogen-bond acceptors (Lipinski definition) is 4. The minimum Gasteiger partial charge on any atom is -0.441 e. The average molecular weight is 353 g/mol. The molecule has 134 valence electrons. The number of aryl methyl sites for hydroxylation is 2. The highest BCUT2D eigenvalue weighted by Gasteiger charge is 2.14. The number of benzene rings is 1. The van der Waals surface area contributed by atoms with Gasteiger partial charge in [-0.05, 0) is 49.6 Å². The lowest BCUT2D eigenvalue weighted by Crippen LogP contribution is -2.26. The van der Waals surface area contributed by atoms with Crippen LogP contribution < -0.4 is 5.32 Å². The summed E-state index contributed by atoms with van der Waals surface area (Å²) in [6.07, 6.45) is 5.40. The van der Waals surface area contributed by atoms with Gasteiger partial charge in [-0.1, -0.05) is 12.1 Å². The lowest BCUT2D eigenvalue weighted by Gasteiger charge is -2.04. The van der Waals surface area contributed by atoms with Gasteiger partial charge in [-0.2, -0.15) is 0 Å². The van der Waals surface area contributed by atoms with Gasteiger partial charge < -0.3 is 9.73 Å². The van der Waals surface area contributed by atoms with Gasteiger partial charge in [-0.25, -0.2) is 9.37 Å². The highest BCUT2D eigenvalue weighted by Crippen LogP contribution is 2.22. The molecule has 0 atom stereocenters. The van der Waals surface area contributed by atoms with Crippen LogP contribution in [0.1, 0.15) is 23.4 Å². The molecule has 3 rings (SSSR count). The number of aromatic nitrogens is 2. The van der Waals surface area contributed by atoms with Gasteiger partial charge in [-0.3, -0.25) is 9.78 Å². The van der Waals surface area contributed by atoms with Crippen molar-refractivity contribution >= 4 is 5.91 Å². The molecule has 6 heteroatoms. The summed E-state index contributed by atoms with van der Waals surface area (Å²) in [7, 11) is 0. The van der Waals surface area contributed by atoms with E-state index in [9.17, 15) is 9.18 Å². The summed E-state index contributed by atoms with van der Waals surface area (Å²) in [4.78, 5) is 20.5. The highest BCUT2D eigenvalue weighted by atomic mass is 19.1. The van der Waals surface area contributed by atoms with Crippen LogP contribution in [0.3, 0.4) is 0 Å². The zero-order valence-corrected chi connectivity index (χ0v) is 14.5. The first-order valence-corrected chi connectivity index (χ1v) is 8.49. The maximum absolute atomic E-state index is 13.3. The summed E-state index contributed by atoms with van der Waals surface area (Å²) in [6, 6.07) is 9.95. The van der Waals surface area contributed by atoms with Crippen molar-refractivity contribution < 1.29 is 13.6 Å². The summed E-state index contributed by atoms with van der Waals surface area (Å²) in [5.74, 6) is 0.417. The van der Waals surface area contributed by atoms with E-state index in [0.29, 0.717) is 29.5 Å². The third-order valence-electron chi connectivity index (χ3n) is 3.98. The molecule has 0 radical (unpaired) electrons. The zero-order valence-electron chi connectivity index (χ0n) is 14.5. The monoisotopic (exact) mass is 353 g/mol. The normalized spacial score (nSPS) is 10.7. The molecule has 26 heavy (non-hydrogen) atoms. The first-order valence-electron chi connectivity index (χ1n) is 8.49. The number of amides is 1. The number of rotatable bonds is 7. The van der Waals surface area contributed by atoms with Crippen molar-refractivity contribution in [1.82, 2.24) is 15.3 Å². The molecule has 5 nitrogen and oxygen atoms in total. The second kappa shape index (κ2) is 8.38. The Morgan fingerprint density at radius 1 is 1.27 bits per heavy atom. The molecule has 2 heterocycles. The molecule has 1 amide bonds. The summed E-state index contributed by atoms with van der Waals surface area (Å²) in [5.41, 5.74) is 2.26. The Labute approximate surface area is 151 Å². The van der Waals surface area contributed by atoms with E-state index in [-0.39, 0.29) is 18.1 Å². The largest absolute Gasteiger partial charge is 0.441 e. The molecule has 0 aliphatic rings. The van der Waals surface area contributed by atoms with Crippen LogP contribution in [0.15, 0.2) is 53.2 Å². The van der Waals surface area contributed by atoms with Crippen LogP contribution in [0.25, 0.3) is 11.5 Å². The molecule has 0 unspecified atom stereocenters. The predicted molar refractivity (Wildman–Crippen MR) is 95.9 cm³/mol. The smallest absolute Gasteiger partial charge is 0.226 e. The van der Waals surface area contributed by atoms with E-state index < -0.39 is 0 Å². The lowest BCUT2D eigenvalue weighted by atomic mass is 10.1. The molecule has 0 fully saturated rings. The molecule has 0 aliphatic carbocycles. The van der Waals surface area contributed by atoms with Gasteiger partial charge in [0.25, 0.3) is 0 Å². The van der Waals surface area contributed by atoms with Crippen LogP contribution in [0.4, 0.5) is 4.39 Å². The SMILES string of the molecule is Cc1oc(-c2cccc(F)c2)nc1CC(=O)NCCCc1cccnc1. The first-order chi connectivity index (χ1) is 12.6. The molecule has 0 bridgehead atoms. The van der Waals surface area contributed by atoms with Crippen molar-refractivity contribution in [3.05, 3.63) is 71.6 Å². The molecule has 2 aromatic heterocycles. The van der Waals surface area contributed by atoms with Gasteiger partial charge in [0.15, 0.2) is 0 Å². The number of carbonyl (C=O) groups excluding carboxylic acids is 1. The maximum Gasteiger partial charge on any atom is 0.226 e. The van der Waals surface area contributed by atoms with Crippen molar-refractivity contribution in [2.75, 3.05) is 6.54 Å². The van der Waals surface area contributed by atoms with E-state index in [1.165, 1.54) is 12.1 Å². The quantitative estimate of drug-likeness (QED) is 0.661. The molecule has 0 saturated carbocycles. The number of oxazole rings is 1. The molecule has 1 aromatic carbocycles. The summed E-state index contributed by atoms with van der Waals surface area (Å²) in [5, 5.41) is 2.89.